The van der Waals surface area contributed by atoms with E-state index in [1.165, 1.54) is 38.1 Å². The van der Waals surface area contributed by atoms with Crippen LogP contribution in [0.5, 0.6) is 28.7 Å². The van der Waals surface area contributed by atoms with Crippen molar-refractivity contribution in [2.24, 2.45) is 0 Å². The van der Waals surface area contributed by atoms with Gasteiger partial charge in [-0.1, -0.05) is 44.0 Å². The molecule has 0 aliphatic heterocycles. The third kappa shape index (κ3) is 9.77. The average Bonchev–Trinajstić information content (AvgIpc) is 3.05. The highest BCUT2D eigenvalue weighted by Gasteiger charge is 2.21. The van der Waals surface area contributed by atoms with E-state index >= 15 is 0 Å². The SMILES string of the molecule is C=C(C)C(=O)Oc1ccc(OC(=O)/C(C)=C(\C)c2cc(OC(=O)C(=C)C)c(-c3ccc(OC(=O)C(=C)C)cc3)cc2OC/C=C/C)cc1. The minimum Gasteiger partial charge on any atom is -0.489 e. The molecular formula is C39H38O9. The van der Waals surface area contributed by atoms with E-state index < -0.39 is 23.9 Å². The van der Waals surface area contributed by atoms with Gasteiger partial charge in [-0.3, -0.25) is 0 Å². The molecule has 0 amide bonds. The minimum atomic E-state index is -0.646. The Morgan fingerprint density at radius 2 is 1.04 bits per heavy atom. The largest absolute Gasteiger partial charge is 0.489 e. The number of carbonyl (C=O) groups is 4. The molecule has 0 saturated heterocycles. The van der Waals surface area contributed by atoms with Crippen LogP contribution in [-0.4, -0.2) is 30.5 Å². The summed E-state index contributed by atoms with van der Waals surface area (Å²) in [6.07, 6.45) is 3.66. The Labute approximate surface area is 280 Å². The number of carbonyl (C=O) groups excluding carboxylic acids is 4. The summed E-state index contributed by atoms with van der Waals surface area (Å²) in [5, 5.41) is 0. The van der Waals surface area contributed by atoms with Crippen LogP contribution < -0.4 is 23.7 Å². The molecule has 3 aromatic rings. The zero-order valence-electron chi connectivity index (χ0n) is 27.9. The molecule has 0 heterocycles. The highest BCUT2D eigenvalue weighted by molar-refractivity contribution is 5.99. The summed E-state index contributed by atoms with van der Waals surface area (Å²) in [5.41, 5.74) is 3.08. The van der Waals surface area contributed by atoms with Crippen molar-refractivity contribution in [3.63, 3.8) is 0 Å². The molecule has 0 unspecified atom stereocenters. The van der Waals surface area contributed by atoms with Gasteiger partial charge in [0.25, 0.3) is 0 Å². The van der Waals surface area contributed by atoms with Gasteiger partial charge < -0.3 is 23.7 Å². The molecule has 0 saturated carbocycles. The van der Waals surface area contributed by atoms with Crippen LogP contribution in [0.15, 0.2) is 115 Å². The number of rotatable bonds is 13. The first-order chi connectivity index (χ1) is 22.7. The van der Waals surface area contributed by atoms with Gasteiger partial charge in [0.1, 0.15) is 35.4 Å². The van der Waals surface area contributed by atoms with Crippen LogP contribution in [-0.2, 0) is 19.2 Å². The maximum absolute atomic E-state index is 13.3. The van der Waals surface area contributed by atoms with Gasteiger partial charge in [-0.15, -0.1) is 0 Å². The molecule has 3 aromatic carbocycles. The van der Waals surface area contributed by atoms with E-state index in [2.05, 4.69) is 19.7 Å². The van der Waals surface area contributed by atoms with E-state index in [0.29, 0.717) is 33.8 Å². The summed E-state index contributed by atoms with van der Waals surface area (Å²) in [5.74, 6) is -1.00. The lowest BCUT2D eigenvalue weighted by Crippen LogP contribution is -2.12. The van der Waals surface area contributed by atoms with Crippen molar-refractivity contribution in [3.8, 4) is 39.9 Å². The molecule has 0 aliphatic carbocycles. The van der Waals surface area contributed by atoms with Crippen LogP contribution in [0.25, 0.3) is 16.7 Å². The van der Waals surface area contributed by atoms with Gasteiger partial charge in [-0.25, -0.2) is 19.2 Å². The molecule has 0 bridgehead atoms. The lowest BCUT2D eigenvalue weighted by Gasteiger charge is -2.18. The lowest BCUT2D eigenvalue weighted by molar-refractivity contribution is -0.131. The van der Waals surface area contributed by atoms with Crippen LogP contribution in [0.4, 0.5) is 0 Å². The highest BCUT2D eigenvalue weighted by Crippen LogP contribution is 2.41. The second-order valence-electron chi connectivity index (χ2n) is 10.9. The summed E-state index contributed by atoms with van der Waals surface area (Å²) in [6, 6.07) is 16.0. The predicted molar refractivity (Wildman–Crippen MR) is 184 cm³/mol. The molecule has 0 aliphatic rings. The smallest absolute Gasteiger partial charge is 0.339 e. The van der Waals surface area contributed by atoms with Gasteiger partial charge in [-0.05, 0) is 101 Å². The second kappa shape index (κ2) is 16.6. The molecule has 9 nitrogen and oxygen atoms in total. The first-order valence-electron chi connectivity index (χ1n) is 14.9. The van der Waals surface area contributed by atoms with E-state index in [0.717, 1.165) is 0 Å². The van der Waals surface area contributed by atoms with Crippen molar-refractivity contribution in [1.29, 1.82) is 0 Å². The molecule has 0 fully saturated rings. The minimum absolute atomic E-state index is 0.184. The third-order valence-corrected chi connectivity index (χ3v) is 6.79. The number of esters is 4. The maximum Gasteiger partial charge on any atom is 0.339 e. The fourth-order valence-corrected chi connectivity index (χ4v) is 3.91. The molecular weight excluding hydrogens is 612 g/mol. The van der Waals surface area contributed by atoms with Gasteiger partial charge in [0.15, 0.2) is 0 Å². The zero-order valence-corrected chi connectivity index (χ0v) is 27.9. The Bertz CT molecular complexity index is 1820. The summed E-state index contributed by atoms with van der Waals surface area (Å²) in [7, 11) is 0. The Hall–Kier alpha value is -5.96. The molecule has 9 heteroatoms. The van der Waals surface area contributed by atoms with Crippen molar-refractivity contribution in [2.45, 2.75) is 41.5 Å². The lowest BCUT2D eigenvalue weighted by atomic mass is 9.96. The van der Waals surface area contributed by atoms with Crippen molar-refractivity contribution in [3.05, 3.63) is 120 Å². The predicted octanol–water partition coefficient (Wildman–Crippen LogP) is 8.15. The summed E-state index contributed by atoms with van der Waals surface area (Å²) >= 11 is 0. The van der Waals surface area contributed by atoms with Gasteiger partial charge in [-0.2, -0.15) is 0 Å². The molecule has 48 heavy (non-hydrogen) atoms. The maximum atomic E-state index is 13.3. The van der Waals surface area contributed by atoms with E-state index in [1.54, 1.807) is 57.2 Å². The monoisotopic (exact) mass is 650 g/mol. The number of hydrogen-bond acceptors (Lipinski definition) is 9. The molecule has 0 spiro atoms. The molecule has 0 atom stereocenters. The Balaban J connectivity index is 2.06. The van der Waals surface area contributed by atoms with Gasteiger partial charge >= 0.3 is 23.9 Å². The molecule has 0 radical (unpaired) electrons. The molecule has 0 aromatic heterocycles. The second-order valence-corrected chi connectivity index (χ2v) is 10.9. The van der Waals surface area contributed by atoms with Gasteiger partial charge in [0, 0.05) is 33.4 Å². The Kier molecular flexibility index (Phi) is 12.6. The van der Waals surface area contributed by atoms with Gasteiger partial charge in [0.2, 0.25) is 0 Å². The topological polar surface area (TPSA) is 114 Å². The molecule has 248 valence electrons. The van der Waals surface area contributed by atoms with Crippen LogP contribution in [0, 0.1) is 0 Å². The van der Waals surface area contributed by atoms with Crippen LogP contribution >= 0.6 is 0 Å². The number of hydrogen-bond donors (Lipinski definition) is 0. The standard InChI is InChI=1S/C39H38O9/c1-10-11-20-44-34-22-33(28-12-14-29(15-13-28)45-36(40)23(2)3)35(48-38(42)25(6)7)21-32(34)26(8)27(9)39(43)47-31-18-16-30(17-19-31)46-37(41)24(4)5/h10-19,21-22H,2,4,6,20H2,1,3,5,7-9H3/b11-10+,27-26+. The molecule has 3 rings (SSSR count). The fourth-order valence-electron chi connectivity index (χ4n) is 3.91. The van der Waals surface area contributed by atoms with Crippen LogP contribution in [0.2, 0.25) is 0 Å². The van der Waals surface area contributed by atoms with Crippen molar-refractivity contribution in [1.82, 2.24) is 0 Å². The van der Waals surface area contributed by atoms with Crippen molar-refractivity contribution < 1.29 is 42.9 Å². The average molecular weight is 651 g/mol. The van der Waals surface area contributed by atoms with E-state index in [4.69, 9.17) is 23.7 Å². The zero-order chi connectivity index (χ0) is 35.5. The Morgan fingerprint density at radius 3 is 1.50 bits per heavy atom. The van der Waals surface area contributed by atoms with Gasteiger partial charge in [0.05, 0.1) is 0 Å². The summed E-state index contributed by atoms with van der Waals surface area (Å²) in [4.78, 5) is 49.8. The van der Waals surface area contributed by atoms with E-state index in [-0.39, 0.29) is 46.1 Å². The summed E-state index contributed by atoms with van der Waals surface area (Å²) in [6.45, 7) is 20.9. The number of ether oxygens (including phenoxy) is 5. The third-order valence-electron chi connectivity index (χ3n) is 6.79. The Morgan fingerprint density at radius 1 is 0.604 bits per heavy atom. The molecule has 0 N–H and O–H groups in total. The van der Waals surface area contributed by atoms with Crippen molar-refractivity contribution in [2.75, 3.05) is 6.61 Å². The summed E-state index contributed by atoms with van der Waals surface area (Å²) < 4.78 is 28.0. The van der Waals surface area contributed by atoms with E-state index in [1.807, 2.05) is 19.1 Å². The first kappa shape index (κ1) is 36.5. The first-order valence-corrected chi connectivity index (χ1v) is 14.9. The normalized spacial score (nSPS) is 11.2. The highest BCUT2D eigenvalue weighted by atomic mass is 16.5. The van der Waals surface area contributed by atoms with Crippen molar-refractivity contribution >= 4 is 29.5 Å². The van der Waals surface area contributed by atoms with Crippen LogP contribution in [0.3, 0.4) is 0 Å². The van der Waals surface area contributed by atoms with E-state index in [9.17, 15) is 19.2 Å². The number of allylic oxidation sites excluding steroid dienone is 2. The fraction of sp³-hybridized carbons (Fsp3) is 0.179. The quantitative estimate of drug-likeness (QED) is 0.0782. The number of benzene rings is 3. The van der Waals surface area contributed by atoms with Crippen LogP contribution in [0.1, 0.15) is 47.1 Å².